The zero-order chi connectivity index (χ0) is 13.0. The molecule has 0 bridgehead atoms. The van der Waals surface area contributed by atoms with Crippen molar-refractivity contribution in [3.8, 4) is 0 Å². The standard InChI is InChI=1S/C11H17N3O3/c1-7(2)4-8(11(16)17)13-10(15)9-5-14(3)6-12-9/h5-8H,4H2,1-3H3,(H,13,15)(H,16,17)/t8-/m0/s1. The number of amides is 1. The van der Waals surface area contributed by atoms with Gasteiger partial charge in [0.25, 0.3) is 5.91 Å². The summed E-state index contributed by atoms with van der Waals surface area (Å²) < 4.78 is 1.63. The molecule has 0 fully saturated rings. The van der Waals surface area contributed by atoms with Crippen LogP contribution < -0.4 is 5.32 Å². The zero-order valence-corrected chi connectivity index (χ0v) is 10.2. The van der Waals surface area contributed by atoms with Gasteiger partial charge in [-0.15, -0.1) is 0 Å². The van der Waals surface area contributed by atoms with E-state index in [9.17, 15) is 9.59 Å². The molecule has 0 aliphatic carbocycles. The number of hydrogen-bond acceptors (Lipinski definition) is 3. The number of hydrogen-bond donors (Lipinski definition) is 2. The lowest BCUT2D eigenvalue weighted by molar-refractivity contribution is -0.139. The fourth-order valence-corrected chi connectivity index (χ4v) is 1.46. The molecule has 0 unspecified atom stereocenters. The molecule has 94 valence electrons. The van der Waals surface area contributed by atoms with Crippen molar-refractivity contribution in [2.75, 3.05) is 0 Å². The maximum atomic E-state index is 11.7. The largest absolute Gasteiger partial charge is 0.480 e. The maximum absolute atomic E-state index is 11.7. The summed E-state index contributed by atoms with van der Waals surface area (Å²) in [4.78, 5) is 26.5. The monoisotopic (exact) mass is 239 g/mol. The number of carboxylic acid groups (broad SMARTS) is 1. The van der Waals surface area contributed by atoms with E-state index in [0.29, 0.717) is 6.42 Å². The van der Waals surface area contributed by atoms with Crippen LogP contribution in [0.15, 0.2) is 12.5 Å². The normalized spacial score (nSPS) is 12.5. The molecule has 1 amide bonds. The molecule has 6 nitrogen and oxygen atoms in total. The van der Waals surface area contributed by atoms with Crippen LogP contribution in [-0.2, 0) is 11.8 Å². The molecule has 0 aliphatic heterocycles. The van der Waals surface area contributed by atoms with Crippen molar-refractivity contribution in [3.05, 3.63) is 18.2 Å². The Balaban J connectivity index is 2.67. The molecule has 1 heterocycles. The van der Waals surface area contributed by atoms with Crippen molar-refractivity contribution in [2.45, 2.75) is 26.3 Å². The lowest BCUT2D eigenvalue weighted by atomic mass is 10.0. The van der Waals surface area contributed by atoms with Gasteiger partial charge in [0, 0.05) is 13.2 Å². The SMILES string of the molecule is CC(C)C[C@H](NC(=O)c1cn(C)cn1)C(=O)O. The number of imidazole rings is 1. The molecule has 1 aromatic heterocycles. The molecule has 1 atom stereocenters. The van der Waals surface area contributed by atoms with E-state index in [2.05, 4.69) is 10.3 Å². The third-order valence-corrected chi connectivity index (χ3v) is 2.25. The Kier molecular flexibility index (Phi) is 4.25. The van der Waals surface area contributed by atoms with Crippen LogP contribution in [0.1, 0.15) is 30.8 Å². The molecule has 0 aliphatic rings. The first-order chi connectivity index (χ1) is 7.90. The lowest BCUT2D eigenvalue weighted by Crippen LogP contribution is -2.41. The topological polar surface area (TPSA) is 84.2 Å². The minimum atomic E-state index is -1.03. The van der Waals surface area contributed by atoms with Crippen molar-refractivity contribution < 1.29 is 14.7 Å². The van der Waals surface area contributed by atoms with Gasteiger partial charge in [-0.2, -0.15) is 0 Å². The summed E-state index contributed by atoms with van der Waals surface area (Å²) in [6, 6.07) is -0.871. The number of carbonyl (C=O) groups excluding carboxylic acids is 1. The van der Waals surface area contributed by atoms with Gasteiger partial charge in [0.1, 0.15) is 11.7 Å². The van der Waals surface area contributed by atoms with Gasteiger partial charge in [0.05, 0.1) is 6.33 Å². The van der Waals surface area contributed by atoms with Crippen molar-refractivity contribution in [3.63, 3.8) is 0 Å². The number of aromatic nitrogens is 2. The van der Waals surface area contributed by atoms with E-state index in [1.54, 1.807) is 17.8 Å². The average Bonchev–Trinajstić information content (AvgIpc) is 2.63. The summed E-state index contributed by atoms with van der Waals surface area (Å²) >= 11 is 0. The van der Waals surface area contributed by atoms with E-state index in [1.165, 1.54) is 6.33 Å². The highest BCUT2D eigenvalue weighted by molar-refractivity contribution is 5.94. The molecule has 1 rings (SSSR count). The van der Waals surface area contributed by atoms with Crippen LogP contribution >= 0.6 is 0 Å². The first-order valence-corrected chi connectivity index (χ1v) is 5.41. The van der Waals surface area contributed by atoms with Crippen LogP contribution in [-0.4, -0.2) is 32.6 Å². The summed E-state index contributed by atoms with van der Waals surface area (Å²) in [5, 5.41) is 11.4. The predicted molar refractivity (Wildman–Crippen MR) is 61.6 cm³/mol. The highest BCUT2D eigenvalue weighted by atomic mass is 16.4. The molecule has 0 saturated carbocycles. The molecule has 6 heteroatoms. The zero-order valence-electron chi connectivity index (χ0n) is 10.2. The Morgan fingerprint density at radius 3 is 2.59 bits per heavy atom. The number of carboxylic acids is 1. The van der Waals surface area contributed by atoms with E-state index in [-0.39, 0.29) is 11.6 Å². The third kappa shape index (κ3) is 3.90. The Morgan fingerprint density at radius 1 is 1.53 bits per heavy atom. The van der Waals surface area contributed by atoms with Gasteiger partial charge in [-0.25, -0.2) is 9.78 Å². The van der Waals surface area contributed by atoms with Crippen LogP contribution in [0.25, 0.3) is 0 Å². The summed E-state index contributed by atoms with van der Waals surface area (Å²) in [6.07, 6.45) is 3.44. The van der Waals surface area contributed by atoms with E-state index in [1.807, 2.05) is 13.8 Å². The minimum Gasteiger partial charge on any atom is -0.480 e. The van der Waals surface area contributed by atoms with Gasteiger partial charge in [-0.3, -0.25) is 4.79 Å². The third-order valence-electron chi connectivity index (χ3n) is 2.25. The Labute approximate surface area is 99.7 Å². The van der Waals surface area contributed by atoms with Crippen molar-refractivity contribution >= 4 is 11.9 Å². The predicted octanol–water partition coefficient (Wildman–Crippen LogP) is 0.649. The maximum Gasteiger partial charge on any atom is 0.326 e. The summed E-state index contributed by atoms with van der Waals surface area (Å²) in [5.74, 6) is -1.29. The van der Waals surface area contributed by atoms with E-state index >= 15 is 0 Å². The molecular weight excluding hydrogens is 222 g/mol. The summed E-state index contributed by atoms with van der Waals surface area (Å²) in [6.45, 7) is 3.81. The summed E-state index contributed by atoms with van der Waals surface area (Å²) in [5.41, 5.74) is 0.225. The molecule has 0 radical (unpaired) electrons. The molecule has 0 spiro atoms. The van der Waals surface area contributed by atoms with Crippen molar-refractivity contribution in [1.82, 2.24) is 14.9 Å². The number of carbonyl (C=O) groups is 2. The van der Waals surface area contributed by atoms with Crippen LogP contribution in [0, 0.1) is 5.92 Å². The van der Waals surface area contributed by atoms with E-state index in [0.717, 1.165) is 0 Å². The quantitative estimate of drug-likeness (QED) is 0.790. The first-order valence-electron chi connectivity index (χ1n) is 5.41. The number of nitrogens with zero attached hydrogens (tertiary/aromatic N) is 2. The molecule has 2 N–H and O–H groups in total. The van der Waals surface area contributed by atoms with E-state index in [4.69, 9.17) is 5.11 Å². The Bertz CT molecular complexity index is 412. The second kappa shape index (κ2) is 5.47. The molecular formula is C11H17N3O3. The van der Waals surface area contributed by atoms with Gasteiger partial charge in [-0.1, -0.05) is 13.8 Å². The van der Waals surface area contributed by atoms with Gasteiger partial charge in [0.15, 0.2) is 0 Å². The van der Waals surface area contributed by atoms with Crippen LogP contribution in [0.5, 0.6) is 0 Å². The second-order valence-electron chi connectivity index (χ2n) is 4.42. The molecule has 1 aromatic rings. The smallest absolute Gasteiger partial charge is 0.326 e. The average molecular weight is 239 g/mol. The Morgan fingerprint density at radius 2 is 2.18 bits per heavy atom. The highest BCUT2D eigenvalue weighted by Gasteiger charge is 2.22. The first kappa shape index (κ1) is 13.2. The molecule has 0 saturated heterocycles. The summed E-state index contributed by atoms with van der Waals surface area (Å²) in [7, 11) is 1.74. The molecule has 0 aromatic carbocycles. The Hall–Kier alpha value is -1.85. The van der Waals surface area contributed by atoms with Crippen molar-refractivity contribution in [1.29, 1.82) is 0 Å². The lowest BCUT2D eigenvalue weighted by Gasteiger charge is -2.15. The van der Waals surface area contributed by atoms with Gasteiger partial charge >= 0.3 is 5.97 Å². The minimum absolute atomic E-state index is 0.195. The van der Waals surface area contributed by atoms with Crippen LogP contribution in [0.3, 0.4) is 0 Å². The number of nitrogens with one attached hydrogen (secondary N) is 1. The fourth-order valence-electron chi connectivity index (χ4n) is 1.46. The second-order valence-corrected chi connectivity index (χ2v) is 4.42. The van der Waals surface area contributed by atoms with Crippen molar-refractivity contribution in [2.24, 2.45) is 13.0 Å². The van der Waals surface area contributed by atoms with Crippen LogP contribution in [0.4, 0.5) is 0 Å². The van der Waals surface area contributed by atoms with Gasteiger partial charge in [-0.05, 0) is 12.3 Å². The fraction of sp³-hybridized carbons (Fsp3) is 0.545. The number of aliphatic carboxylic acids is 1. The van der Waals surface area contributed by atoms with Gasteiger partial charge in [0.2, 0.25) is 0 Å². The van der Waals surface area contributed by atoms with E-state index < -0.39 is 17.9 Å². The van der Waals surface area contributed by atoms with Gasteiger partial charge < -0.3 is 15.0 Å². The number of rotatable bonds is 5. The highest BCUT2D eigenvalue weighted by Crippen LogP contribution is 2.06. The van der Waals surface area contributed by atoms with Crippen LogP contribution in [0.2, 0.25) is 0 Å². The molecule has 17 heavy (non-hydrogen) atoms. The number of aryl methyl sites for hydroxylation is 1.